The van der Waals surface area contributed by atoms with Gasteiger partial charge >= 0.3 is 0 Å². The summed E-state index contributed by atoms with van der Waals surface area (Å²) in [4.78, 5) is 40.9. The van der Waals surface area contributed by atoms with E-state index in [-0.39, 0.29) is 37.0 Å². The maximum Gasteiger partial charge on any atom is 0.246 e. The molecule has 2 unspecified atom stereocenters. The lowest BCUT2D eigenvalue weighted by Gasteiger charge is -2.35. The van der Waals surface area contributed by atoms with Crippen molar-refractivity contribution in [2.24, 2.45) is 11.8 Å². The van der Waals surface area contributed by atoms with Gasteiger partial charge in [0.25, 0.3) is 0 Å². The first kappa shape index (κ1) is 21.0. The maximum atomic E-state index is 13.4. The molecule has 28 heavy (non-hydrogen) atoms. The van der Waals surface area contributed by atoms with E-state index < -0.39 is 29.0 Å². The van der Waals surface area contributed by atoms with Crippen molar-refractivity contribution < 1.29 is 24.2 Å². The molecule has 0 radical (unpaired) electrons. The Morgan fingerprint density at radius 3 is 2.64 bits per heavy atom. The molecule has 0 aliphatic carbocycles. The van der Waals surface area contributed by atoms with Crippen molar-refractivity contribution in [3.8, 4) is 0 Å². The second-order valence-electron chi connectivity index (χ2n) is 9.19. The van der Waals surface area contributed by atoms with Crippen LogP contribution in [0.1, 0.15) is 53.4 Å². The van der Waals surface area contributed by atoms with Crippen LogP contribution < -0.4 is 10.6 Å². The van der Waals surface area contributed by atoms with E-state index in [9.17, 15) is 19.5 Å². The van der Waals surface area contributed by atoms with Gasteiger partial charge < -0.3 is 25.4 Å². The molecule has 3 rings (SSSR count). The minimum Gasteiger partial charge on any atom is -0.396 e. The lowest BCUT2D eigenvalue weighted by molar-refractivity contribution is -0.142. The van der Waals surface area contributed by atoms with Gasteiger partial charge in [-0.2, -0.15) is 0 Å². The van der Waals surface area contributed by atoms with Gasteiger partial charge in [-0.1, -0.05) is 6.92 Å². The predicted molar refractivity (Wildman–Crippen MR) is 102 cm³/mol. The Labute approximate surface area is 166 Å². The molecule has 0 aromatic heterocycles. The molecule has 3 saturated heterocycles. The average Bonchev–Trinajstić information content (AvgIpc) is 3.23. The first-order valence-electron chi connectivity index (χ1n) is 10.3. The van der Waals surface area contributed by atoms with Crippen molar-refractivity contribution >= 4 is 17.7 Å². The molecule has 8 nitrogen and oxygen atoms in total. The zero-order chi connectivity index (χ0) is 20.7. The van der Waals surface area contributed by atoms with Crippen LogP contribution >= 0.6 is 0 Å². The number of hydrogen-bond donors (Lipinski definition) is 3. The van der Waals surface area contributed by atoms with Gasteiger partial charge in [-0.15, -0.1) is 0 Å². The van der Waals surface area contributed by atoms with E-state index in [1.807, 2.05) is 27.7 Å². The van der Waals surface area contributed by atoms with Gasteiger partial charge in [0, 0.05) is 25.2 Å². The molecule has 3 N–H and O–H groups in total. The van der Waals surface area contributed by atoms with Gasteiger partial charge in [0.1, 0.15) is 11.6 Å². The second kappa shape index (κ2) is 7.63. The molecule has 3 aliphatic heterocycles. The Kier molecular flexibility index (Phi) is 5.74. The van der Waals surface area contributed by atoms with Crippen molar-refractivity contribution in [3.05, 3.63) is 0 Å². The smallest absolute Gasteiger partial charge is 0.246 e. The lowest BCUT2D eigenvalue weighted by Crippen LogP contribution is -2.58. The number of amides is 3. The number of ether oxygens (including phenoxy) is 1. The van der Waals surface area contributed by atoms with Crippen LogP contribution in [0.4, 0.5) is 0 Å². The molecule has 2 bridgehead atoms. The van der Waals surface area contributed by atoms with E-state index >= 15 is 0 Å². The van der Waals surface area contributed by atoms with Crippen LogP contribution in [0.15, 0.2) is 0 Å². The van der Waals surface area contributed by atoms with E-state index in [4.69, 9.17) is 4.74 Å². The number of carbonyl (C=O) groups excluding carboxylic acids is 3. The number of hydrogen-bond acceptors (Lipinski definition) is 5. The standard InChI is InChI=1S/C20H33N3O5/c1-5-9-21-16(25)13-12-7-8-20(28-12)14(13)18(27)23(10-6-11-24)15(20)17(26)22-19(2,3)4/h12-15,24H,5-11H2,1-4H3,(H,21,25)(H,22,26)/t12-,13+,14-,15?,20?/m0/s1. The second-order valence-corrected chi connectivity index (χ2v) is 9.19. The molecule has 1 spiro atoms. The molecule has 3 heterocycles. The topological polar surface area (TPSA) is 108 Å². The van der Waals surface area contributed by atoms with E-state index in [1.165, 1.54) is 4.90 Å². The van der Waals surface area contributed by atoms with Crippen molar-refractivity contribution in [2.45, 2.75) is 76.7 Å². The fourth-order valence-electron chi connectivity index (χ4n) is 5.04. The molecule has 158 valence electrons. The van der Waals surface area contributed by atoms with Crippen molar-refractivity contribution in [2.75, 3.05) is 19.7 Å². The Bertz CT molecular complexity index is 646. The predicted octanol–water partition coefficient (Wildman–Crippen LogP) is 0.184. The Morgan fingerprint density at radius 1 is 1.32 bits per heavy atom. The summed E-state index contributed by atoms with van der Waals surface area (Å²) in [6, 6.07) is -0.773. The minimum atomic E-state index is -0.958. The van der Waals surface area contributed by atoms with Crippen LogP contribution in [0.2, 0.25) is 0 Å². The number of nitrogens with zero attached hydrogens (tertiary/aromatic N) is 1. The maximum absolute atomic E-state index is 13.4. The third-order valence-corrected chi connectivity index (χ3v) is 5.96. The largest absolute Gasteiger partial charge is 0.396 e. The molecular weight excluding hydrogens is 362 g/mol. The summed E-state index contributed by atoms with van der Waals surface area (Å²) in [5.41, 5.74) is -1.41. The summed E-state index contributed by atoms with van der Waals surface area (Å²) in [5.74, 6) is -1.82. The number of likely N-dealkylation sites (tertiary alicyclic amines) is 1. The molecular formula is C20H33N3O5. The quantitative estimate of drug-likeness (QED) is 0.570. The average molecular weight is 396 g/mol. The monoisotopic (exact) mass is 395 g/mol. The molecule has 0 saturated carbocycles. The summed E-state index contributed by atoms with van der Waals surface area (Å²) in [6.45, 7) is 8.40. The fourth-order valence-corrected chi connectivity index (χ4v) is 5.04. The van der Waals surface area contributed by atoms with Gasteiger partial charge in [0.05, 0.1) is 17.9 Å². The van der Waals surface area contributed by atoms with Crippen LogP contribution in [-0.2, 0) is 19.1 Å². The van der Waals surface area contributed by atoms with Crippen LogP contribution in [-0.4, -0.2) is 70.7 Å². The Balaban J connectivity index is 1.94. The van der Waals surface area contributed by atoms with Crippen molar-refractivity contribution in [3.63, 3.8) is 0 Å². The van der Waals surface area contributed by atoms with Gasteiger partial charge in [-0.05, 0) is 46.5 Å². The van der Waals surface area contributed by atoms with Crippen LogP contribution in [0.3, 0.4) is 0 Å². The lowest BCUT2D eigenvalue weighted by atomic mass is 9.70. The van der Waals surface area contributed by atoms with Crippen LogP contribution in [0.25, 0.3) is 0 Å². The number of nitrogens with one attached hydrogen (secondary N) is 2. The third-order valence-electron chi connectivity index (χ3n) is 5.96. The highest BCUT2D eigenvalue weighted by Crippen LogP contribution is 2.58. The molecule has 0 aromatic carbocycles. The highest BCUT2D eigenvalue weighted by atomic mass is 16.5. The van der Waals surface area contributed by atoms with Gasteiger partial charge in [-0.3, -0.25) is 14.4 Å². The summed E-state index contributed by atoms with van der Waals surface area (Å²) in [5, 5.41) is 15.1. The first-order chi connectivity index (χ1) is 13.2. The highest BCUT2D eigenvalue weighted by molar-refractivity contribution is 5.99. The van der Waals surface area contributed by atoms with Crippen molar-refractivity contribution in [1.29, 1.82) is 0 Å². The van der Waals surface area contributed by atoms with Gasteiger partial charge in [-0.25, -0.2) is 0 Å². The molecule has 0 aromatic rings. The number of fused-ring (bicyclic) bond motifs is 1. The van der Waals surface area contributed by atoms with Crippen LogP contribution in [0.5, 0.6) is 0 Å². The molecule has 3 fully saturated rings. The Morgan fingerprint density at radius 2 is 2.04 bits per heavy atom. The van der Waals surface area contributed by atoms with Crippen molar-refractivity contribution in [1.82, 2.24) is 15.5 Å². The Hall–Kier alpha value is -1.67. The summed E-state index contributed by atoms with van der Waals surface area (Å²) >= 11 is 0. The highest BCUT2D eigenvalue weighted by Gasteiger charge is 2.74. The van der Waals surface area contributed by atoms with E-state index in [0.717, 1.165) is 6.42 Å². The molecule has 3 aliphatic rings. The third kappa shape index (κ3) is 3.41. The van der Waals surface area contributed by atoms with E-state index in [0.29, 0.717) is 25.8 Å². The van der Waals surface area contributed by atoms with E-state index in [2.05, 4.69) is 10.6 Å². The van der Waals surface area contributed by atoms with E-state index in [1.54, 1.807) is 0 Å². The molecule has 3 amide bonds. The van der Waals surface area contributed by atoms with Crippen LogP contribution in [0, 0.1) is 11.8 Å². The summed E-state index contributed by atoms with van der Waals surface area (Å²) < 4.78 is 6.28. The number of rotatable bonds is 7. The summed E-state index contributed by atoms with van der Waals surface area (Å²) in [7, 11) is 0. The fraction of sp³-hybridized carbons (Fsp3) is 0.850. The number of aliphatic hydroxyl groups is 1. The number of aliphatic hydroxyl groups excluding tert-OH is 1. The SMILES string of the molecule is CCCNC(=O)[C@@H]1[C@@H]2CCC3(O2)C(C(=O)NC(C)(C)C)N(CCCO)C(=O)[C@H]13. The molecule has 8 heteroatoms. The normalized spacial score (nSPS) is 33.9. The number of carbonyl (C=O) groups is 3. The molecule has 5 atom stereocenters. The van der Waals surface area contributed by atoms with Gasteiger partial charge in [0.15, 0.2) is 0 Å². The zero-order valence-corrected chi connectivity index (χ0v) is 17.3. The summed E-state index contributed by atoms with van der Waals surface area (Å²) in [6.07, 6.45) is 2.12. The zero-order valence-electron chi connectivity index (χ0n) is 17.3. The minimum absolute atomic E-state index is 0.0705. The van der Waals surface area contributed by atoms with Gasteiger partial charge in [0.2, 0.25) is 17.7 Å². The first-order valence-corrected chi connectivity index (χ1v) is 10.3.